The maximum atomic E-state index is 14.0. The Balaban J connectivity index is 1.23. The molecule has 7 rings (SSSR count). The largest absolute Gasteiger partial charge is 0.506 e. The van der Waals surface area contributed by atoms with Gasteiger partial charge in [0.1, 0.15) is 22.8 Å². The van der Waals surface area contributed by atoms with Gasteiger partial charge in [-0.2, -0.15) is 13.2 Å². The molecule has 1 atom stereocenters. The quantitative estimate of drug-likeness (QED) is 0.117. The third-order valence-corrected chi connectivity index (χ3v) is 8.63. The first-order valence-corrected chi connectivity index (χ1v) is 14.8. The number of carbonyl (C=O) groups is 3. The molecule has 0 spiro atoms. The van der Waals surface area contributed by atoms with Crippen LogP contribution in [0, 0.1) is 0 Å². The lowest BCUT2D eigenvalue weighted by atomic mass is 9.95. The Morgan fingerprint density at radius 2 is 1.83 bits per heavy atom. The smallest absolute Gasteiger partial charge is 0.432 e. The molecular weight excluding hydrogens is 639 g/mol. The predicted octanol–water partition coefficient (Wildman–Crippen LogP) is 6.94. The normalized spacial score (nSPS) is 14.6. The number of hydrogen-bond acceptors (Lipinski definition) is 6. The van der Waals surface area contributed by atoms with E-state index in [4.69, 9.17) is 11.6 Å². The molecular formula is C33H23ClF3N5O5. The number of nitrogens with one attached hydrogen (secondary N) is 3. The number of alkyl halides is 4. The number of carbonyl (C=O) groups excluding carboxylic acids is 3. The number of fused-ring (bicyclic) bond motifs is 5. The molecule has 4 N–H and O–H groups in total. The first-order valence-electron chi connectivity index (χ1n) is 14.2. The number of ether oxygens (including phenoxy) is 1. The summed E-state index contributed by atoms with van der Waals surface area (Å²) >= 11 is 6.25. The van der Waals surface area contributed by atoms with E-state index in [1.807, 2.05) is 24.3 Å². The summed E-state index contributed by atoms with van der Waals surface area (Å²) in [5.41, 5.74) is -0.780. The van der Waals surface area contributed by atoms with E-state index in [9.17, 15) is 32.7 Å². The van der Waals surface area contributed by atoms with Gasteiger partial charge in [0.25, 0.3) is 11.8 Å². The lowest BCUT2D eigenvalue weighted by Gasteiger charge is -2.17. The summed E-state index contributed by atoms with van der Waals surface area (Å²) in [4.78, 5) is 50.2. The fraction of sp³-hybridized carbons (Fsp3) is 0.152. The van der Waals surface area contributed by atoms with Crippen LogP contribution < -0.4 is 10.2 Å². The summed E-state index contributed by atoms with van der Waals surface area (Å²) in [6.07, 6.45) is -3.35. The SMILES string of the molecule is COC(=O)c1c(C(F)(F)F)[nH]c2c(O)cc3c(c12)C(CCl)CN3C(=O)c1cc2cc(NC(=O)c3cc4ccccc4cn3)ccc2[nH]1. The van der Waals surface area contributed by atoms with Gasteiger partial charge in [0, 0.05) is 58.0 Å². The van der Waals surface area contributed by atoms with Crippen LogP contribution in [-0.2, 0) is 10.9 Å². The van der Waals surface area contributed by atoms with Gasteiger partial charge in [0.2, 0.25) is 0 Å². The molecule has 1 aliphatic heterocycles. The number of nitrogens with zero attached hydrogens (tertiary/aromatic N) is 2. The second-order valence-electron chi connectivity index (χ2n) is 11.1. The number of hydrogen-bond donors (Lipinski definition) is 4. The Morgan fingerprint density at radius 1 is 1.06 bits per heavy atom. The molecule has 1 unspecified atom stereocenters. The zero-order valence-corrected chi connectivity index (χ0v) is 25.1. The van der Waals surface area contributed by atoms with Crippen LogP contribution in [0.3, 0.4) is 0 Å². The van der Waals surface area contributed by atoms with Crippen LogP contribution in [0.2, 0.25) is 0 Å². The molecule has 4 heterocycles. The highest BCUT2D eigenvalue weighted by Crippen LogP contribution is 2.49. The van der Waals surface area contributed by atoms with Gasteiger partial charge in [0.05, 0.1) is 23.9 Å². The first kappa shape index (κ1) is 30.1. The van der Waals surface area contributed by atoms with E-state index >= 15 is 0 Å². The highest BCUT2D eigenvalue weighted by atomic mass is 35.5. The molecule has 3 aromatic carbocycles. The van der Waals surface area contributed by atoms with E-state index in [1.165, 1.54) is 11.0 Å². The van der Waals surface area contributed by atoms with Gasteiger partial charge in [-0.25, -0.2) is 4.79 Å². The Morgan fingerprint density at radius 3 is 2.55 bits per heavy atom. The molecule has 0 bridgehead atoms. The number of aromatic amines is 2. The molecule has 2 amide bonds. The predicted molar refractivity (Wildman–Crippen MR) is 169 cm³/mol. The third kappa shape index (κ3) is 4.99. The average Bonchev–Trinajstić information content (AvgIpc) is 3.77. The van der Waals surface area contributed by atoms with E-state index in [0.717, 1.165) is 17.9 Å². The molecule has 0 radical (unpaired) electrons. The summed E-state index contributed by atoms with van der Waals surface area (Å²) in [7, 11) is 0.951. The number of benzene rings is 3. The van der Waals surface area contributed by atoms with Gasteiger partial charge in [-0.1, -0.05) is 24.3 Å². The lowest BCUT2D eigenvalue weighted by molar-refractivity contribution is -0.141. The average molecular weight is 662 g/mol. The highest BCUT2D eigenvalue weighted by Gasteiger charge is 2.43. The maximum absolute atomic E-state index is 14.0. The van der Waals surface area contributed by atoms with E-state index < -0.39 is 46.9 Å². The standard InChI is InChI=1S/C33H23ClF3N5O5/c1-47-32(46)27-26-25-18(12-34)14-42(23(25)11-24(43)28(26)41-29(27)33(35,36)37)31(45)22-10-17-8-19(6-7-20(17)40-22)39-30(44)21-9-15-4-2-3-5-16(15)13-38-21/h2-11,13,18,40-41,43H,12,14H2,1H3,(H,39,44). The minimum atomic E-state index is -4.97. The van der Waals surface area contributed by atoms with Crippen molar-refractivity contribution in [2.24, 2.45) is 0 Å². The van der Waals surface area contributed by atoms with Crippen molar-refractivity contribution in [1.82, 2.24) is 15.0 Å². The summed E-state index contributed by atoms with van der Waals surface area (Å²) in [5.74, 6) is -3.58. The minimum Gasteiger partial charge on any atom is -0.506 e. The molecule has 0 saturated carbocycles. The molecule has 1 aliphatic rings. The molecule has 47 heavy (non-hydrogen) atoms. The van der Waals surface area contributed by atoms with Crippen LogP contribution in [0.1, 0.15) is 48.5 Å². The van der Waals surface area contributed by atoms with Crippen molar-refractivity contribution in [2.45, 2.75) is 12.1 Å². The van der Waals surface area contributed by atoms with Crippen LogP contribution in [0.15, 0.2) is 66.9 Å². The molecule has 6 aromatic rings. The maximum Gasteiger partial charge on any atom is 0.432 e. The number of methoxy groups -OCH3 is 1. The summed E-state index contributed by atoms with van der Waals surface area (Å²) in [6, 6.07) is 17.0. The van der Waals surface area contributed by atoms with Gasteiger partial charge < -0.3 is 30.0 Å². The van der Waals surface area contributed by atoms with E-state index in [1.54, 1.807) is 36.5 Å². The van der Waals surface area contributed by atoms with Crippen LogP contribution in [0.5, 0.6) is 5.75 Å². The Bertz CT molecular complexity index is 2280. The van der Waals surface area contributed by atoms with Gasteiger partial charge in [0.15, 0.2) is 0 Å². The number of amides is 2. The third-order valence-electron chi connectivity index (χ3n) is 8.25. The van der Waals surface area contributed by atoms with Crippen molar-refractivity contribution in [3.63, 3.8) is 0 Å². The van der Waals surface area contributed by atoms with Gasteiger partial charge in [-0.15, -0.1) is 11.6 Å². The van der Waals surface area contributed by atoms with Crippen molar-refractivity contribution in [2.75, 3.05) is 29.8 Å². The van der Waals surface area contributed by atoms with Gasteiger partial charge >= 0.3 is 12.1 Å². The zero-order valence-electron chi connectivity index (χ0n) is 24.3. The topological polar surface area (TPSA) is 140 Å². The van der Waals surface area contributed by atoms with Crippen molar-refractivity contribution in [3.05, 3.63) is 95.1 Å². The Hall–Kier alpha value is -5.56. The Kier molecular flexibility index (Phi) is 7.08. The number of pyridine rings is 1. The number of anilines is 2. The number of phenolic OH excluding ortho intramolecular Hbond substituents is 1. The summed E-state index contributed by atoms with van der Waals surface area (Å²) in [5, 5.41) is 15.8. The van der Waals surface area contributed by atoms with Crippen LogP contribution in [-0.4, -0.2) is 57.4 Å². The monoisotopic (exact) mass is 661 g/mol. The van der Waals surface area contributed by atoms with Gasteiger partial charge in [-0.3, -0.25) is 14.6 Å². The van der Waals surface area contributed by atoms with Crippen LogP contribution >= 0.6 is 11.6 Å². The van der Waals surface area contributed by atoms with Crippen molar-refractivity contribution >= 4 is 73.3 Å². The molecule has 14 heteroatoms. The molecule has 238 valence electrons. The minimum absolute atomic E-state index is 0.0290. The number of rotatable bonds is 5. The Labute approximate surface area is 268 Å². The van der Waals surface area contributed by atoms with E-state index in [0.29, 0.717) is 16.6 Å². The molecule has 3 aromatic heterocycles. The number of aromatic nitrogens is 3. The van der Waals surface area contributed by atoms with Gasteiger partial charge in [-0.05, 0) is 41.3 Å². The number of halogens is 4. The fourth-order valence-electron chi connectivity index (χ4n) is 6.13. The van der Waals surface area contributed by atoms with Crippen LogP contribution in [0.4, 0.5) is 24.5 Å². The molecule has 0 saturated heterocycles. The molecule has 0 aliphatic carbocycles. The number of esters is 1. The van der Waals surface area contributed by atoms with Crippen molar-refractivity contribution in [1.29, 1.82) is 0 Å². The number of H-pyrrole nitrogens is 2. The lowest BCUT2D eigenvalue weighted by Crippen LogP contribution is -2.30. The summed E-state index contributed by atoms with van der Waals surface area (Å²) in [6.45, 7) is -0.0290. The number of phenols is 1. The molecule has 10 nitrogen and oxygen atoms in total. The first-order chi connectivity index (χ1) is 22.5. The van der Waals surface area contributed by atoms with E-state index in [-0.39, 0.29) is 46.0 Å². The fourth-order valence-corrected chi connectivity index (χ4v) is 6.38. The second kappa shape index (κ2) is 11.1. The second-order valence-corrected chi connectivity index (χ2v) is 11.4. The molecule has 0 fully saturated rings. The highest BCUT2D eigenvalue weighted by molar-refractivity contribution is 6.20. The van der Waals surface area contributed by atoms with Crippen LogP contribution in [0.25, 0.3) is 32.6 Å². The van der Waals surface area contributed by atoms with E-state index in [2.05, 4.69) is 25.0 Å². The zero-order chi connectivity index (χ0) is 33.2. The van der Waals surface area contributed by atoms with Crippen molar-refractivity contribution in [3.8, 4) is 5.75 Å². The van der Waals surface area contributed by atoms with Crippen molar-refractivity contribution < 1.29 is 37.4 Å². The number of aromatic hydroxyl groups is 1. The summed E-state index contributed by atoms with van der Waals surface area (Å²) < 4.78 is 46.6.